The van der Waals surface area contributed by atoms with Gasteiger partial charge in [0.25, 0.3) is 5.91 Å². The number of carbonyl (C=O) groups excluding carboxylic acids is 1. The van der Waals surface area contributed by atoms with E-state index in [9.17, 15) is 9.90 Å². The van der Waals surface area contributed by atoms with Gasteiger partial charge >= 0.3 is 0 Å². The lowest BCUT2D eigenvalue weighted by molar-refractivity contribution is 0.0901. The van der Waals surface area contributed by atoms with E-state index in [1.165, 1.54) is 0 Å². The molecule has 0 saturated carbocycles. The van der Waals surface area contributed by atoms with Crippen molar-refractivity contribution >= 4 is 17.2 Å². The standard InChI is InChI=1S/C18H17NO3S/c1-12-4-2-3-5-14(12)18(21)19-10-15(20)17-7-6-16(22-17)13-8-9-23-11-13/h2-9,11,15,20H,10H2,1H3,(H,19,21)/t15-/m1/s1. The van der Waals surface area contributed by atoms with E-state index in [0.717, 1.165) is 11.1 Å². The molecule has 0 spiro atoms. The number of furan rings is 1. The number of thiophene rings is 1. The normalized spacial score (nSPS) is 12.1. The minimum absolute atomic E-state index is 0.101. The highest BCUT2D eigenvalue weighted by atomic mass is 32.1. The number of amides is 1. The second kappa shape index (κ2) is 6.81. The van der Waals surface area contributed by atoms with Crippen LogP contribution in [0.15, 0.2) is 57.6 Å². The third-order valence-electron chi connectivity index (χ3n) is 3.61. The van der Waals surface area contributed by atoms with Crippen molar-refractivity contribution in [3.05, 3.63) is 70.1 Å². The van der Waals surface area contributed by atoms with Gasteiger partial charge in [0.05, 0.1) is 6.54 Å². The molecule has 118 valence electrons. The van der Waals surface area contributed by atoms with Crippen molar-refractivity contribution in [3.63, 3.8) is 0 Å². The minimum atomic E-state index is -0.879. The van der Waals surface area contributed by atoms with Crippen LogP contribution in [0.5, 0.6) is 0 Å². The van der Waals surface area contributed by atoms with Gasteiger partial charge in [-0.3, -0.25) is 4.79 Å². The highest BCUT2D eigenvalue weighted by molar-refractivity contribution is 7.08. The highest BCUT2D eigenvalue weighted by Crippen LogP contribution is 2.26. The summed E-state index contributed by atoms with van der Waals surface area (Å²) in [6, 6.07) is 12.9. The molecular formula is C18H17NO3S. The van der Waals surface area contributed by atoms with Crippen molar-refractivity contribution in [1.29, 1.82) is 0 Å². The number of rotatable bonds is 5. The predicted molar refractivity (Wildman–Crippen MR) is 90.5 cm³/mol. The summed E-state index contributed by atoms with van der Waals surface area (Å²) in [5.41, 5.74) is 2.49. The minimum Gasteiger partial charge on any atom is -0.458 e. The number of aliphatic hydroxyl groups excluding tert-OH is 1. The molecule has 23 heavy (non-hydrogen) atoms. The van der Waals surface area contributed by atoms with E-state index in [0.29, 0.717) is 17.1 Å². The lowest BCUT2D eigenvalue weighted by Gasteiger charge is -2.11. The van der Waals surface area contributed by atoms with E-state index in [1.54, 1.807) is 23.5 Å². The number of aryl methyl sites for hydroxylation is 1. The van der Waals surface area contributed by atoms with Crippen LogP contribution >= 0.6 is 11.3 Å². The van der Waals surface area contributed by atoms with Gasteiger partial charge in [-0.2, -0.15) is 11.3 Å². The topological polar surface area (TPSA) is 62.5 Å². The van der Waals surface area contributed by atoms with Gasteiger partial charge in [-0.25, -0.2) is 0 Å². The number of hydrogen-bond acceptors (Lipinski definition) is 4. The third-order valence-corrected chi connectivity index (χ3v) is 4.29. The maximum Gasteiger partial charge on any atom is 0.251 e. The monoisotopic (exact) mass is 327 g/mol. The Kier molecular flexibility index (Phi) is 4.60. The summed E-state index contributed by atoms with van der Waals surface area (Å²) in [6.07, 6.45) is -0.879. The molecule has 3 aromatic rings. The molecule has 2 aromatic heterocycles. The fraction of sp³-hybridized carbons (Fsp3) is 0.167. The van der Waals surface area contributed by atoms with E-state index < -0.39 is 6.10 Å². The van der Waals surface area contributed by atoms with Crippen molar-refractivity contribution in [2.45, 2.75) is 13.0 Å². The van der Waals surface area contributed by atoms with Crippen LogP contribution in [0, 0.1) is 6.92 Å². The fourth-order valence-corrected chi connectivity index (χ4v) is 2.95. The third kappa shape index (κ3) is 3.52. The van der Waals surface area contributed by atoms with Gasteiger partial charge in [-0.15, -0.1) is 0 Å². The van der Waals surface area contributed by atoms with Crippen LogP contribution in [0.4, 0.5) is 0 Å². The van der Waals surface area contributed by atoms with Gasteiger partial charge in [0.1, 0.15) is 17.6 Å². The average molecular weight is 327 g/mol. The van der Waals surface area contributed by atoms with Crippen molar-refractivity contribution < 1.29 is 14.3 Å². The second-order valence-corrected chi connectivity index (χ2v) is 6.03. The van der Waals surface area contributed by atoms with Crippen LogP contribution < -0.4 is 5.32 Å². The summed E-state index contributed by atoms with van der Waals surface area (Å²) in [4.78, 5) is 12.1. The Morgan fingerprint density at radius 2 is 2.09 bits per heavy atom. The molecule has 0 aliphatic rings. The van der Waals surface area contributed by atoms with E-state index in [-0.39, 0.29) is 12.5 Å². The second-order valence-electron chi connectivity index (χ2n) is 5.25. The van der Waals surface area contributed by atoms with Crippen molar-refractivity contribution in [1.82, 2.24) is 5.32 Å². The lowest BCUT2D eigenvalue weighted by Crippen LogP contribution is -2.28. The first kappa shape index (κ1) is 15.5. The molecule has 5 heteroatoms. The number of benzene rings is 1. The molecule has 0 unspecified atom stereocenters. The molecule has 0 radical (unpaired) electrons. The van der Waals surface area contributed by atoms with E-state index in [4.69, 9.17) is 4.42 Å². The van der Waals surface area contributed by atoms with Gasteiger partial charge in [-0.1, -0.05) is 18.2 Å². The van der Waals surface area contributed by atoms with E-state index in [1.807, 2.05) is 48.0 Å². The summed E-state index contributed by atoms with van der Waals surface area (Å²) < 4.78 is 5.66. The summed E-state index contributed by atoms with van der Waals surface area (Å²) in [6.45, 7) is 1.98. The smallest absolute Gasteiger partial charge is 0.251 e. The van der Waals surface area contributed by atoms with Gasteiger partial charge in [-0.05, 0) is 42.1 Å². The van der Waals surface area contributed by atoms with Gasteiger partial charge in [0, 0.05) is 16.5 Å². The van der Waals surface area contributed by atoms with E-state index >= 15 is 0 Å². The molecule has 0 fully saturated rings. The lowest BCUT2D eigenvalue weighted by atomic mass is 10.1. The molecule has 2 heterocycles. The summed E-state index contributed by atoms with van der Waals surface area (Å²) >= 11 is 1.59. The molecule has 1 amide bonds. The molecule has 1 aromatic carbocycles. The molecule has 0 aliphatic heterocycles. The maximum absolute atomic E-state index is 12.1. The fourth-order valence-electron chi connectivity index (χ4n) is 2.30. The Morgan fingerprint density at radius 1 is 1.26 bits per heavy atom. The van der Waals surface area contributed by atoms with Gasteiger partial charge in [0.15, 0.2) is 0 Å². The Bertz CT molecular complexity index is 792. The summed E-state index contributed by atoms with van der Waals surface area (Å²) in [7, 11) is 0. The molecule has 4 nitrogen and oxygen atoms in total. The zero-order valence-electron chi connectivity index (χ0n) is 12.7. The van der Waals surface area contributed by atoms with Gasteiger partial charge in [0.2, 0.25) is 0 Å². The van der Waals surface area contributed by atoms with Crippen LogP contribution in [-0.2, 0) is 0 Å². The van der Waals surface area contributed by atoms with Gasteiger partial charge < -0.3 is 14.8 Å². The zero-order valence-corrected chi connectivity index (χ0v) is 13.5. The molecular weight excluding hydrogens is 310 g/mol. The highest BCUT2D eigenvalue weighted by Gasteiger charge is 2.16. The van der Waals surface area contributed by atoms with E-state index in [2.05, 4.69) is 5.32 Å². The number of carbonyl (C=O) groups is 1. The average Bonchev–Trinajstić information content (AvgIpc) is 3.23. The SMILES string of the molecule is Cc1ccccc1C(=O)NC[C@@H](O)c1ccc(-c2ccsc2)o1. The number of aliphatic hydroxyl groups is 1. The van der Waals surface area contributed by atoms with Crippen molar-refractivity contribution in [2.24, 2.45) is 0 Å². The summed E-state index contributed by atoms with van der Waals surface area (Å²) in [5, 5.41) is 16.9. The Balaban J connectivity index is 1.62. The van der Waals surface area contributed by atoms with Crippen LogP contribution in [0.3, 0.4) is 0 Å². The van der Waals surface area contributed by atoms with Crippen LogP contribution in [0.1, 0.15) is 27.8 Å². The first-order valence-corrected chi connectivity index (χ1v) is 8.23. The van der Waals surface area contributed by atoms with Crippen LogP contribution in [0.2, 0.25) is 0 Å². The van der Waals surface area contributed by atoms with Crippen LogP contribution in [0.25, 0.3) is 11.3 Å². The zero-order chi connectivity index (χ0) is 16.2. The molecule has 0 aliphatic carbocycles. The molecule has 0 saturated heterocycles. The van der Waals surface area contributed by atoms with Crippen molar-refractivity contribution in [2.75, 3.05) is 6.54 Å². The largest absolute Gasteiger partial charge is 0.458 e. The first-order chi connectivity index (χ1) is 11.1. The predicted octanol–water partition coefficient (Wildman–Crippen LogP) is 3.78. The Labute approximate surface area is 138 Å². The molecule has 1 atom stereocenters. The Hall–Kier alpha value is -2.37. The quantitative estimate of drug-likeness (QED) is 0.749. The Morgan fingerprint density at radius 3 is 2.83 bits per heavy atom. The maximum atomic E-state index is 12.1. The van der Waals surface area contributed by atoms with Crippen molar-refractivity contribution in [3.8, 4) is 11.3 Å². The molecule has 3 rings (SSSR count). The number of nitrogens with one attached hydrogen (secondary N) is 1. The van der Waals surface area contributed by atoms with Crippen LogP contribution in [-0.4, -0.2) is 17.6 Å². The molecule has 2 N–H and O–H groups in total. The first-order valence-electron chi connectivity index (χ1n) is 7.29. The summed E-state index contributed by atoms with van der Waals surface area (Å²) in [5.74, 6) is 0.952. The molecule has 0 bridgehead atoms. The number of hydrogen-bond donors (Lipinski definition) is 2.